The molecular formula is C13H17BrN4. The first kappa shape index (κ1) is 13.3. The van der Waals surface area contributed by atoms with Crippen LogP contribution in [0.5, 0.6) is 0 Å². The van der Waals surface area contributed by atoms with Crippen molar-refractivity contribution in [2.24, 2.45) is 12.9 Å². The number of aryl methyl sites for hydroxylation is 2. The maximum atomic E-state index is 5.67. The minimum absolute atomic E-state index is 0.0427. The fourth-order valence-corrected chi connectivity index (χ4v) is 2.72. The predicted octanol–water partition coefficient (Wildman–Crippen LogP) is 2.24. The quantitative estimate of drug-likeness (QED) is 0.673. The Kier molecular flexibility index (Phi) is 4.16. The molecule has 1 aromatic carbocycles. The van der Waals surface area contributed by atoms with Gasteiger partial charge in [-0.05, 0) is 24.1 Å². The van der Waals surface area contributed by atoms with Crippen LogP contribution in [-0.2, 0) is 13.5 Å². The second-order valence-corrected chi connectivity index (χ2v) is 5.26. The van der Waals surface area contributed by atoms with Gasteiger partial charge >= 0.3 is 0 Å². The molecule has 0 saturated carbocycles. The highest BCUT2D eigenvalue weighted by Gasteiger charge is 2.15. The van der Waals surface area contributed by atoms with Crippen molar-refractivity contribution < 1.29 is 0 Å². The van der Waals surface area contributed by atoms with Gasteiger partial charge in [0.2, 0.25) is 0 Å². The van der Waals surface area contributed by atoms with Gasteiger partial charge in [0.05, 0.1) is 6.04 Å². The molecule has 5 heteroatoms. The number of imidazole rings is 1. The van der Waals surface area contributed by atoms with Crippen molar-refractivity contribution in [2.45, 2.75) is 19.4 Å². The molecule has 0 aliphatic heterocycles. The SMILES string of the molecule is Cc1ccc(C(Cc2nccn2C)NN)c(Br)c1. The molecule has 1 atom stereocenters. The second kappa shape index (κ2) is 5.65. The van der Waals surface area contributed by atoms with Gasteiger partial charge in [-0.25, -0.2) is 4.98 Å². The number of nitrogens with zero attached hydrogens (tertiary/aromatic N) is 2. The number of nitrogens with one attached hydrogen (secondary N) is 1. The molecule has 96 valence electrons. The summed E-state index contributed by atoms with van der Waals surface area (Å²) in [5.41, 5.74) is 5.23. The van der Waals surface area contributed by atoms with Crippen molar-refractivity contribution in [3.8, 4) is 0 Å². The van der Waals surface area contributed by atoms with Gasteiger partial charge in [0.15, 0.2) is 0 Å². The number of nitrogens with two attached hydrogens (primary N) is 1. The van der Waals surface area contributed by atoms with E-state index in [4.69, 9.17) is 5.84 Å². The lowest BCUT2D eigenvalue weighted by Gasteiger charge is -2.18. The molecule has 1 unspecified atom stereocenters. The van der Waals surface area contributed by atoms with Gasteiger partial charge in [0.1, 0.15) is 5.82 Å². The lowest BCUT2D eigenvalue weighted by atomic mass is 10.0. The lowest BCUT2D eigenvalue weighted by molar-refractivity contribution is 0.528. The Morgan fingerprint density at radius 3 is 2.83 bits per heavy atom. The minimum atomic E-state index is 0.0427. The van der Waals surface area contributed by atoms with E-state index in [1.165, 1.54) is 5.56 Å². The van der Waals surface area contributed by atoms with E-state index in [0.29, 0.717) is 0 Å². The molecule has 1 heterocycles. The summed E-state index contributed by atoms with van der Waals surface area (Å²) < 4.78 is 3.08. The molecule has 2 aromatic rings. The lowest BCUT2D eigenvalue weighted by Crippen LogP contribution is -2.30. The molecule has 0 amide bonds. The Morgan fingerprint density at radius 1 is 1.50 bits per heavy atom. The van der Waals surface area contributed by atoms with E-state index in [0.717, 1.165) is 22.3 Å². The van der Waals surface area contributed by atoms with E-state index in [1.807, 2.05) is 17.8 Å². The molecule has 18 heavy (non-hydrogen) atoms. The summed E-state index contributed by atoms with van der Waals surface area (Å²) >= 11 is 3.59. The zero-order chi connectivity index (χ0) is 13.1. The zero-order valence-electron chi connectivity index (χ0n) is 10.5. The average Bonchev–Trinajstić information content (AvgIpc) is 2.73. The third kappa shape index (κ3) is 2.80. The molecule has 0 radical (unpaired) electrons. The van der Waals surface area contributed by atoms with Crippen molar-refractivity contribution in [1.82, 2.24) is 15.0 Å². The van der Waals surface area contributed by atoms with E-state index in [9.17, 15) is 0 Å². The highest BCUT2D eigenvalue weighted by atomic mass is 79.9. The maximum Gasteiger partial charge on any atom is 0.110 e. The number of benzene rings is 1. The molecule has 0 aliphatic rings. The van der Waals surface area contributed by atoms with Crippen LogP contribution in [0.25, 0.3) is 0 Å². The summed E-state index contributed by atoms with van der Waals surface area (Å²) in [6, 6.07) is 6.31. The van der Waals surface area contributed by atoms with Crippen molar-refractivity contribution in [2.75, 3.05) is 0 Å². The molecular weight excluding hydrogens is 292 g/mol. The standard InChI is InChI=1S/C13H17BrN4/c1-9-3-4-10(11(14)7-9)12(17-15)8-13-16-5-6-18(13)2/h3-7,12,17H,8,15H2,1-2H3. The number of hydrazine groups is 1. The first-order valence-electron chi connectivity index (χ1n) is 5.80. The summed E-state index contributed by atoms with van der Waals surface area (Å²) in [6.45, 7) is 2.07. The molecule has 0 saturated heterocycles. The average molecular weight is 309 g/mol. The number of hydrogen-bond acceptors (Lipinski definition) is 3. The van der Waals surface area contributed by atoms with Crippen molar-refractivity contribution in [1.29, 1.82) is 0 Å². The van der Waals surface area contributed by atoms with Gasteiger partial charge in [-0.1, -0.05) is 28.1 Å². The smallest absolute Gasteiger partial charge is 0.110 e. The Labute approximate surface area is 115 Å². The third-order valence-corrected chi connectivity index (χ3v) is 3.73. The molecule has 1 aromatic heterocycles. The first-order chi connectivity index (χ1) is 8.61. The summed E-state index contributed by atoms with van der Waals surface area (Å²) in [5, 5.41) is 0. The van der Waals surface area contributed by atoms with Crippen LogP contribution >= 0.6 is 15.9 Å². The predicted molar refractivity (Wildman–Crippen MR) is 75.9 cm³/mol. The monoisotopic (exact) mass is 308 g/mol. The number of aromatic nitrogens is 2. The van der Waals surface area contributed by atoms with Gasteiger partial charge in [0, 0.05) is 30.3 Å². The highest BCUT2D eigenvalue weighted by molar-refractivity contribution is 9.10. The summed E-state index contributed by atoms with van der Waals surface area (Å²) in [5.74, 6) is 6.68. The largest absolute Gasteiger partial charge is 0.338 e. The Balaban J connectivity index is 2.26. The summed E-state index contributed by atoms with van der Waals surface area (Å²) in [6.07, 6.45) is 4.49. The van der Waals surface area contributed by atoms with E-state index in [2.05, 4.69) is 51.5 Å². The van der Waals surface area contributed by atoms with Gasteiger partial charge in [-0.2, -0.15) is 0 Å². The molecule has 3 N–H and O–H groups in total. The Bertz CT molecular complexity index is 536. The van der Waals surface area contributed by atoms with Crippen LogP contribution in [0.2, 0.25) is 0 Å². The van der Waals surface area contributed by atoms with Crippen LogP contribution in [0.1, 0.15) is 23.0 Å². The van der Waals surface area contributed by atoms with Crippen molar-refractivity contribution >= 4 is 15.9 Å². The van der Waals surface area contributed by atoms with E-state index in [1.54, 1.807) is 6.20 Å². The topological polar surface area (TPSA) is 55.9 Å². The van der Waals surface area contributed by atoms with Crippen LogP contribution in [0.3, 0.4) is 0 Å². The van der Waals surface area contributed by atoms with E-state index in [-0.39, 0.29) is 6.04 Å². The molecule has 0 aliphatic carbocycles. The van der Waals surface area contributed by atoms with Gasteiger partial charge in [-0.3, -0.25) is 11.3 Å². The Hall–Kier alpha value is -1.17. The molecule has 2 rings (SSSR count). The van der Waals surface area contributed by atoms with Crippen LogP contribution in [0.15, 0.2) is 35.1 Å². The van der Waals surface area contributed by atoms with Gasteiger partial charge < -0.3 is 4.57 Å². The fourth-order valence-electron chi connectivity index (χ4n) is 1.95. The van der Waals surface area contributed by atoms with E-state index >= 15 is 0 Å². The van der Waals surface area contributed by atoms with Crippen molar-refractivity contribution in [3.63, 3.8) is 0 Å². The summed E-state index contributed by atoms with van der Waals surface area (Å²) in [4.78, 5) is 4.33. The maximum absolute atomic E-state index is 5.67. The fraction of sp³-hybridized carbons (Fsp3) is 0.308. The zero-order valence-corrected chi connectivity index (χ0v) is 12.1. The van der Waals surface area contributed by atoms with Crippen LogP contribution in [0.4, 0.5) is 0 Å². The molecule has 0 bridgehead atoms. The third-order valence-electron chi connectivity index (χ3n) is 3.04. The van der Waals surface area contributed by atoms with Gasteiger partial charge in [0.25, 0.3) is 0 Å². The van der Waals surface area contributed by atoms with Crippen molar-refractivity contribution in [3.05, 3.63) is 52.0 Å². The Morgan fingerprint density at radius 2 is 2.28 bits per heavy atom. The minimum Gasteiger partial charge on any atom is -0.338 e. The van der Waals surface area contributed by atoms with Crippen LogP contribution < -0.4 is 11.3 Å². The second-order valence-electron chi connectivity index (χ2n) is 4.40. The molecule has 0 fully saturated rings. The number of rotatable bonds is 4. The number of hydrogen-bond donors (Lipinski definition) is 2. The normalized spacial score (nSPS) is 12.7. The van der Waals surface area contributed by atoms with Gasteiger partial charge in [-0.15, -0.1) is 0 Å². The highest BCUT2D eigenvalue weighted by Crippen LogP contribution is 2.26. The molecule has 4 nitrogen and oxygen atoms in total. The van der Waals surface area contributed by atoms with Crippen LogP contribution in [0, 0.1) is 6.92 Å². The first-order valence-corrected chi connectivity index (χ1v) is 6.59. The molecule has 0 spiro atoms. The summed E-state index contributed by atoms with van der Waals surface area (Å²) in [7, 11) is 1.99. The number of halogens is 1. The van der Waals surface area contributed by atoms with E-state index < -0.39 is 0 Å². The van der Waals surface area contributed by atoms with Crippen LogP contribution in [-0.4, -0.2) is 9.55 Å².